The van der Waals surface area contributed by atoms with Gasteiger partial charge in [-0.25, -0.2) is 8.42 Å². The Morgan fingerprint density at radius 1 is 1.05 bits per heavy atom. The maximum atomic E-state index is 13.8. The van der Waals surface area contributed by atoms with E-state index in [0.717, 1.165) is 47.4 Å². The number of carbonyl (C=O) groups excluding carboxylic acids is 2. The predicted molar refractivity (Wildman–Crippen MR) is 149 cm³/mol. The summed E-state index contributed by atoms with van der Waals surface area (Å²) in [5, 5.41) is 3.56. The van der Waals surface area contributed by atoms with Gasteiger partial charge in [0.1, 0.15) is 12.6 Å². The van der Waals surface area contributed by atoms with Gasteiger partial charge in [-0.05, 0) is 56.4 Å². The number of aryl methyl sites for hydroxylation is 1. The molecule has 2 aromatic carbocycles. The second kappa shape index (κ2) is 12.8. The highest BCUT2D eigenvalue weighted by atomic mass is 35.5. The van der Waals surface area contributed by atoms with Crippen molar-refractivity contribution in [1.82, 2.24) is 10.2 Å². The molecule has 1 aliphatic carbocycles. The van der Waals surface area contributed by atoms with Crippen LogP contribution in [0.4, 0.5) is 5.69 Å². The first-order chi connectivity index (χ1) is 17.5. The largest absolute Gasteiger partial charge is 0.352 e. The van der Waals surface area contributed by atoms with E-state index in [2.05, 4.69) is 5.32 Å². The standard InChI is InChI=1S/C28H38ClN3O4S/c1-5-25(28(34)30-23-10-7-6-8-11-23)31(18-22-16-14-20(2)15-17-22)27(33)19-32(37(4,35)36)26-13-9-12-24(29)21(26)3/h9,12-17,23,25H,5-8,10-11,18-19H2,1-4H3,(H,30,34)/t25-/m0/s1. The quantitative estimate of drug-likeness (QED) is 0.454. The van der Waals surface area contributed by atoms with E-state index < -0.39 is 28.5 Å². The number of halogens is 1. The van der Waals surface area contributed by atoms with E-state index >= 15 is 0 Å². The minimum atomic E-state index is -3.81. The molecule has 2 aromatic rings. The predicted octanol–water partition coefficient (Wildman–Crippen LogP) is 4.98. The van der Waals surface area contributed by atoms with Crippen molar-refractivity contribution in [3.05, 3.63) is 64.2 Å². The van der Waals surface area contributed by atoms with Gasteiger partial charge in [0.05, 0.1) is 11.9 Å². The summed E-state index contributed by atoms with van der Waals surface area (Å²) < 4.78 is 26.7. The average molecular weight is 548 g/mol. The van der Waals surface area contributed by atoms with E-state index in [1.54, 1.807) is 25.1 Å². The fraction of sp³-hybridized carbons (Fsp3) is 0.500. The van der Waals surface area contributed by atoms with E-state index in [9.17, 15) is 18.0 Å². The van der Waals surface area contributed by atoms with Crippen LogP contribution in [0.1, 0.15) is 62.1 Å². The van der Waals surface area contributed by atoms with Crippen LogP contribution in [0.5, 0.6) is 0 Å². The fourth-order valence-corrected chi connectivity index (χ4v) is 5.88. The van der Waals surface area contributed by atoms with E-state index in [4.69, 9.17) is 11.6 Å². The Kier molecular flexibility index (Phi) is 10.0. The third-order valence-electron chi connectivity index (χ3n) is 7.00. The molecule has 1 fully saturated rings. The molecule has 2 amide bonds. The van der Waals surface area contributed by atoms with Crippen molar-refractivity contribution in [3.8, 4) is 0 Å². The van der Waals surface area contributed by atoms with E-state index in [0.29, 0.717) is 22.7 Å². The number of anilines is 1. The van der Waals surface area contributed by atoms with Crippen molar-refractivity contribution in [2.45, 2.75) is 77.9 Å². The van der Waals surface area contributed by atoms with Crippen LogP contribution in [0.25, 0.3) is 0 Å². The van der Waals surface area contributed by atoms with Gasteiger partial charge < -0.3 is 10.2 Å². The summed E-state index contributed by atoms with van der Waals surface area (Å²) in [5.74, 6) is -0.643. The van der Waals surface area contributed by atoms with Gasteiger partial charge in [-0.3, -0.25) is 13.9 Å². The number of benzene rings is 2. The van der Waals surface area contributed by atoms with Crippen LogP contribution >= 0.6 is 11.6 Å². The van der Waals surface area contributed by atoms with Gasteiger partial charge in [0.25, 0.3) is 0 Å². The Bertz CT molecular complexity index is 1190. The van der Waals surface area contributed by atoms with Crippen molar-refractivity contribution in [3.63, 3.8) is 0 Å². The highest BCUT2D eigenvalue weighted by molar-refractivity contribution is 7.92. The summed E-state index contributed by atoms with van der Waals surface area (Å²) in [5.41, 5.74) is 2.86. The molecule has 0 heterocycles. The summed E-state index contributed by atoms with van der Waals surface area (Å²) >= 11 is 6.26. The number of rotatable bonds is 10. The highest BCUT2D eigenvalue weighted by Crippen LogP contribution is 2.28. The van der Waals surface area contributed by atoms with Crippen LogP contribution in [0.15, 0.2) is 42.5 Å². The lowest BCUT2D eigenvalue weighted by Crippen LogP contribution is -2.54. The van der Waals surface area contributed by atoms with Gasteiger partial charge in [-0.15, -0.1) is 0 Å². The molecule has 0 saturated heterocycles. The first-order valence-electron chi connectivity index (χ1n) is 12.9. The van der Waals surface area contributed by atoms with Crippen molar-refractivity contribution in [2.24, 2.45) is 0 Å². The van der Waals surface area contributed by atoms with Crippen LogP contribution in [-0.4, -0.2) is 50.0 Å². The molecular weight excluding hydrogens is 510 g/mol. The molecular formula is C28H38ClN3O4S. The third kappa shape index (κ3) is 7.71. The van der Waals surface area contributed by atoms with Crippen molar-refractivity contribution in [2.75, 3.05) is 17.1 Å². The second-order valence-electron chi connectivity index (χ2n) is 9.93. The number of sulfonamides is 1. The zero-order chi connectivity index (χ0) is 27.2. The normalized spacial score (nSPS) is 15.2. The molecule has 0 spiro atoms. The number of amides is 2. The van der Waals surface area contributed by atoms with Crippen LogP contribution in [0, 0.1) is 13.8 Å². The minimum absolute atomic E-state index is 0.105. The van der Waals surface area contributed by atoms with Gasteiger partial charge in [0, 0.05) is 17.6 Å². The molecule has 0 radical (unpaired) electrons. The molecule has 0 unspecified atom stereocenters. The molecule has 7 nitrogen and oxygen atoms in total. The fourth-order valence-electron chi connectivity index (χ4n) is 4.82. The zero-order valence-corrected chi connectivity index (χ0v) is 23.7. The van der Waals surface area contributed by atoms with Crippen molar-refractivity contribution in [1.29, 1.82) is 0 Å². The smallest absolute Gasteiger partial charge is 0.244 e. The highest BCUT2D eigenvalue weighted by Gasteiger charge is 2.33. The molecule has 1 saturated carbocycles. The minimum Gasteiger partial charge on any atom is -0.352 e. The summed E-state index contributed by atoms with van der Waals surface area (Å²) in [6.45, 7) is 5.34. The lowest BCUT2D eigenvalue weighted by molar-refractivity contribution is -0.140. The summed E-state index contributed by atoms with van der Waals surface area (Å²) in [6, 6.07) is 12.1. The van der Waals surface area contributed by atoms with E-state index in [-0.39, 0.29) is 18.5 Å². The monoisotopic (exact) mass is 547 g/mol. The van der Waals surface area contributed by atoms with Crippen molar-refractivity contribution < 1.29 is 18.0 Å². The van der Waals surface area contributed by atoms with E-state index in [1.165, 1.54) is 11.3 Å². The molecule has 1 aliphatic rings. The number of nitrogens with one attached hydrogen (secondary N) is 1. The summed E-state index contributed by atoms with van der Waals surface area (Å²) in [7, 11) is -3.81. The van der Waals surface area contributed by atoms with E-state index in [1.807, 2.05) is 38.1 Å². The SMILES string of the molecule is CC[C@@H](C(=O)NC1CCCCC1)N(Cc1ccc(C)cc1)C(=O)CN(c1cccc(Cl)c1C)S(C)(=O)=O. The molecule has 0 aromatic heterocycles. The Hall–Kier alpha value is -2.58. The molecule has 1 N–H and O–H groups in total. The lowest BCUT2D eigenvalue weighted by atomic mass is 9.95. The van der Waals surface area contributed by atoms with Gasteiger partial charge in [0.15, 0.2) is 0 Å². The number of hydrogen-bond acceptors (Lipinski definition) is 4. The maximum Gasteiger partial charge on any atom is 0.244 e. The van der Waals surface area contributed by atoms with Crippen molar-refractivity contribution >= 4 is 39.1 Å². The molecule has 1 atom stereocenters. The molecule has 37 heavy (non-hydrogen) atoms. The van der Waals surface area contributed by atoms with Crippen LogP contribution in [0.2, 0.25) is 5.02 Å². The Labute approximate surface area is 226 Å². The number of carbonyl (C=O) groups is 2. The topological polar surface area (TPSA) is 86.8 Å². The van der Waals surface area contributed by atoms with Gasteiger partial charge in [-0.2, -0.15) is 0 Å². The Balaban J connectivity index is 1.93. The number of hydrogen-bond donors (Lipinski definition) is 1. The maximum absolute atomic E-state index is 13.8. The molecule has 3 rings (SSSR count). The molecule has 0 bridgehead atoms. The first-order valence-corrected chi connectivity index (χ1v) is 15.1. The lowest BCUT2D eigenvalue weighted by Gasteiger charge is -2.34. The third-order valence-corrected chi connectivity index (χ3v) is 8.53. The molecule has 202 valence electrons. The number of nitrogens with zero attached hydrogens (tertiary/aromatic N) is 2. The Morgan fingerprint density at radius 3 is 2.30 bits per heavy atom. The van der Waals surface area contributed by atoms with Gasteiger partial charge >= 0.3 is 0 Å². The summed E-state index contributed by atoms with van der Waals surface area (Å²) in [4.78, 5) is 28.8. The summed E-state index contributed by atoms with van der Waals surface area (Å²) in [6.07, 6.45) is 6.68. The second-order valence-corrected chi connectivity index (χ2v) is 12.2. The van der Waals surface area contributed by atoms with Crippen LogP contribution in [0.3, 0.4) is 0 Å². The molecule has 9 heteroatoms. The van der Waals surface area contributed by atoms with Gasteiger partial charge in [0.2, 0.25) is 21.8 Å². The Morgan fingerprint density at radius 2 is 1.70 bits per heavy atom. The van der Waals surface area contributed by atoms with Crippen LogP contribution < -0.4 is 9.62 Å². The average Bonchev–Trinajstić information content (AvgIpc) is 2.85. The first kappa shape index (κ1) is 29.0. The van der Waals surface area contributed by atoms with Gasteiger partial charge in [-0.1, -0.05) is 73.7 Å². The zero-order valence-electron chi connectivity index (χ0n) is 22.2. The molecule has 0 aliphatic heterocycles. The van der Waals surface area contributed by atoms with Crippen LogP contribution in [-0.2, 0) is 26.2 Å².